The smallest absolute Gasteiger partial charge is 0.193 e. The van der Waals surface area contributed by atoms with Crippen molar-refractivity contribution in [2.24, 2.45) is 0 Å². The Bertz CT molecular complexity index is 653. The van der Waals surface area contributed by atoms with Crippen LogP contribution < -0.4 is 0 Å². The van der Waals surface area contributed by atoms with Gasteiger partial charge in [0.05, 0.1) is 0 Å². The Hall–Kier alpha value is -1.96. The van der Waals surface area contributed by atoms with Crippen LogP contribution in [0.1, 0.15) is 45.5 Å². The average molecular weight is 268 g/mol. The van der Waals surface area contributed by atoms with Crippen molar-refractivity contribution >= 4 is 5.78 Å². The Labute approximate surface area is 118 Å². The third kappa shape index (κ3) is 2.51. The molecule has 1 aliphatic carbocycles. The van der Waals surface area contributed by atoms with Gasteiger partial charge >= 0.3 is 0 Å². The Balaban J connectivity index is 1.97. The topological polar surface area (TPSA) is 17.1 Å². The summed E-state index contributed by atoms with van der Waals surface area (Å²) in [7, 11) is 0. The third-order valence-corrected chi connectivity index (χ3v) is 3.91. The lowest BCUT2D eigenvalue weighted by Crippen LogP contribution is -2.07. The fourth-order valence-electron chi connectivity index (χ4n) is 2.91. The molecule has 2 aromatic rings. The van der Waals surface area contributed by atoms with E-state index >= 15 is 0 Å². The lowest BCUT2D eigenvalue weighted by Gasteiger charge is -2.16. The minimum atomic E-state index is -0.355. The molecule has 102 valence electrons. The second kappa shape index (κ2) is 5.20. The maximum absolute atomic E-state index is 13.4. The van der Waals surface area contributed by atoms with E-state index in [1.807, 2.05) is 18.2 Å². The van der Waals surface area contributed by atoms with Gasteiger partial charge in [0.1, 0.15) is 5.82 Å². The molecule has 2 heteroatoms. The van der Waals surface area contributed by atoms with Gasteiger partial charge in [-0.15, -0.1) is 0 Å². The number of ketones is 1. The van der Waals surface area contributed by atoms with Crippen molar-refractivity contribution in [3.05, 3.63) is 70.0 Å². The standard InChI is InChI=1S/C18H17FO/c1-12-8-16(11-17(19)9-12)18(20)15-7-6-13-4-2-3-5-14(13)10-15/h6-11H,2-5H2,1H3. The van der Waals surface area contributed by atoms with Crippen LogP contribution in [0.15, 0.2) is 36.4 Å². The summed E-state index contributed by atoms with van der Waals surface area (Å²) in [6.45, 7) is 1.80. The predicted molar refractivity (Wildman–Crippen MR) is 77.7 cm³/mol. The van der Waals surface area contributed by atoms with E-state index in [2.05, 4.69) is 0 Å². The van der Waals surface area contributed by atoms with Crippen LogP contribution in [0.2, 0.25) is 0 Å². The predicted octanol–water partition coefficient (Wildman–Crippen LogP) is 4.24. The van der Waals surface area contributed by atoms with Crippen molar-refractivity contribution in [3.63, 3.8) is 0 Å². The number of carbonyl (C=O) groups excluding carboxylic acids is 1. The first-order valence-electron chi connectivity index (χ1n) is 7.07. The number of carbonyl (C=O) groups is 1. The Morgan fingerprint density at radius 2 is 1.70 bits per heavy atom. The summed E-state index contributed by atoms with van der Waals surface area (Å²) in [5.74, 6) is -0.452. The monoisotopic (exact) mass is 268 g/mol. The highest BCUT2D eigenvalue weighted by Gasteiger charge is 2.15. The molecule has 1 nitrogen and oxygen atoms in total. The normalized spacial score (nSPS) is 13.9. The van der Waals surface area contributed by atoms with Crippen LogP contribution in [0.25, 0.3) is 0 Å². The molecule has 0 saturated heterocycles. The summed E-state index contributed by atoms with van der Waals surface area (Å²) in [5.41, 5.74) is 4.48. The summed E-state index contributed by atoms with van der Waals surface area (Å²) in [5, 5.41) is 0. The molecule has 3 rings (SSSR count). The van der Waals surface area contributed by atoms with Crippen LogP contribution in [0.3, 0.4) is 0 Å². The second-order valence-corrected chi connectivity index (χ2v) is 5.54. The van der Waals surface area contributed by atoms with E-state index in [0.29, 0.717) is 11.1 Å². The van der Waals surface area contributed by atoms with Gasteiger partial charge in [-0.2, -0.15) is 0 Å². The molecule has 0 heterocycles. The molecule has 0 fully saturated rings. The molecule has 0 atom stereocenters. The van der Waals surface area contributed by atoms with Crippen molar-refractivity contribution in [3.8, 4) is 0 Å². The van der Waals surface area contributed by atoms with E-state index < -0.39 is 0 Å². The molecular formula is C18H17FO. The van der Waals surface area contributed by atoms with Crippen LogP contribution in [-0.4, -0.2) is 5.78 Å². The first kappa shape index (κ1) is 13.0. The zero-order chi connectivity index (χ0) is 14.1. The van der Waals surface area contributed by atoms with Crippen LogP contribution >= 0.6 is 0 Å². The van der Waals surface area contributed by atoms with E-state index in [4.69, 9.17) is 0 Å². The summed E-state index contributed by atoms with van der Waals surface area (Å²) in [6.07, 6.45) is 4.55. The van der Waals surface area contributed by atoms with E-state index in [1.165, 1.54) is 36.1 Å². The number of benzene rings is 2. The molecule has 20 heavy (non-hydrogen) atoms. The molecule has 1 aliphatic rings. The molecule has 0 bridgehead atoms. The fraction of sp³-hybridized carbons (Fsp3) is 0.278. The molecule has 0 spiro atoms. The van der Waals surface area contributed by atoms with Crippen molar-refractivity contribution in [1.82, 2.24) is 0 Å². The quantitative estimate of drug-likeness (QED) is 0.744. The third-order valence-electron chi connectivity index (χ3n) is 3.91. The second-order valence-electron chi connectivity index (χ2n) is 5.54. The first-order valence-corrected chi connectivity index (χ1v) is 7.07. The lowest BCUT2D eigenvalue weighted by atomic mass is 9.89. The molecular weight excluding hydrogens is 251 g/mol. The van der Waals surface area contributed by atoms with Crippen LogP contribution in [0, 0.1) is 12.7 Å². The Kier molecular flexibility index (Phi) is 3.39. The number of hydrogen-bond donors (Lipinski definition) is 0. The fourth-order valence-corrected chi connectivity index (χ4v) is 2.91. The van der Waals surface area contributed by atoms with Gasteiger partial charge in [-0.1, -0.05) is 12.1 Å². The van der Waals surface area contributed by atoms with Crippen molar-refractivity contribution in [2.45, 2.75) is 32.6 Å². The zero-order valence-electron chi connectivity index (χ0n) is 11.6. The van der Waals surface area contributed by atoms with Gasteiger partial charge in [-0.05, 0) is 73.6 Å². The molecule has 0 aromatic heterocycles. The molecule has 0 amide bonds. The van der Waals surface area contributed by atoms with Crippen LogP contribution in [0.5, 0.6) is 0 Å². The Morgan fingerprint density at radius 1 is 0.950 bits per heavy atom. The van der Waals surface area contributed by atoms with Gasteiger partial charge in [-0.3, -0.25) is 4.79 Å². The van der Waals surface area contributed by atoms with E-state index in [-0.39, 0.29) is 11.6 Å². The molecule has 0 radical (unpaired) electrons. The molecule has 2 aromatic carbocycles. The number of hydrogen-bond acceptors (Lipinski definition) is 1. The summed E-state index contributed by atoms with van der Waals surface area (Å²) < 4.78 is 13.4. The van der Waals surface area contributed by atoms with Crippen LogP contribution in [0.4, 0.5) is 4.39 Å². The minimum absolute atomic E-state index is 0.0963. The van der Waals surface area contributed by atoms with Crippen molar-refractivity contribution < 1.29 is 9.18 Å². The average Bonchev–Trinajstić information content (AvgIpc) is 2.45. The van der Waals surface area contributed by atoms with Crippen molar-refractivity contribution in [1.29, 1.82) is 0 Å². The van der Waals surface area contributed by atoms with E-state index in [0.717, 1.165) is 18.4 Å². The Morgan fingerprint density at radius 3 is 2.45 bits per heavy atom. The summed E-state index contributed by atoms with van der Waals surface area (Å²) in [4.78, 5) is 12.5. The number of rotatable bonds is 2. The molecule has 0 unspecified atom stereocenters. The van der Waals surface area contributed by atoms with Gasteiger partial charge < -0.3 is 0 Å². The lowest BCUT2D eigenvalue weighted by molar-refractivity contribution is 0.103. The first-order chi connectivity index (χ1) is 9.63. The highest BCUT2D eigenvalue weighted by Crippen LogP contribution is 2.23. The van der Waals surface area contributed by atoms with Gasteiger partial charge in [-0.25, -0.2) is 4.39 Å². The summed E-state index contributed by atoms with van der Waals surface area (Å²) >= 11 is 0. The van der Waals surface area contributed by atoms with Gasteiger partial charge in [0.15, 0.2) is 5.78 Å². The highest BCUT2D eigenvalue weighted by molar-refractivity contribution is 6.09. The number of halogens is 1. The summed E-state index contributed by atoms with van der Waals surface area (Å²) in [6, 6.07) is 10.4. The maximum Gasteiger partial charge on any atom is 0.193 e. The largest absolute Gasteiger partial charge is 0.289 e. The highest BCUT2D eigenvalue weighted by atomic mass is 19.1. The number of aryl methyl sites for hydroxylation is 3. The molecule has 0 aliphatic heterocycles. The van der Waals surface area contributed by atoms with Crippen LogP contribution in [-0.2, 0) is 12.8 Å². The SMILES string of the molecule is Cc1cc(F)cc(C(=O)c2ccc3c(c2)CCCC3)c1. The van der Waals surface area contributed by atoms with Gasteiger partial charge in [0, 0.05) is 11.1 Å². The van der Waals surface area contributed by atoms with E-state index in [1.54, 1.807) is 13.0 Å². The number of fused-ring (bicyclic) bond motifs is 1. The van der Waals surface area contributed by atoms with E-state index in [9.17, 15) is 9.18 Å². The minimum Gasteiger partial charge on any atom is -0.289 e. The van der Waals surface area contributed by atoms with Gasteiger partial charge in [0.25, 0.3) is 0 Å². The molecule has 0 N–H and O–H groups in total. The maximum atomic E-state index is 13.4. The molecule has 0 saturated carbocycles. The van der Waals surface area contributed by atoms with Crippen molar-refractivity contribution in [2.75, 3.05) is 0 Å². The van der Waals surface area contributed by atoms with Gasteiger partial charge in [0.2, 0.25) is 0 Å². The zero-order valence-corrected chi connectivity index (χ0v) is 11.6.